The Kier molecular flexibility index (Phi) is 6.90. The van der Waals surface area contributed by atoms with Crippen molar-refractivity contribution in [3.8, 4) is 0 Å². The van der Waals surface area contributed by atoms with E-state index in [0.29, 0.717) is 19.6 Å². The molecule has 0 heterocycles. The first kappa shape index (κ1) is 16.9. The first-order valence-corrected chi connectivity index (χ1v) is 7.10. The Morgan fingerprint density at radius 2 is 2.30 bits per heavy atom. The number of methoxy groups -OCH3 is 1. The number of nitro benzene ring substituents is 1. The van der Waals surface area contributed by atoms with Crippen molar-refractivity contribution in [2.45, 2.75) is 11.2 Å². The summed E-state index contributed by atoms with van der Waals surface area (Å²) in [6.45, 7) is 0.912. The maximum atomic E-state index is 11.9. The molecule has 8 heteroatoms. The van der Waals surface area contributed by atoms with Gasteiger partial charge in [0, 0.05) is 29.6 Å². The summed E-state index contributed by atoms with van der Waals surface area (Å²) in [6, 6.07) is 3.95. The average Bonchev–Trinajstić information content (AvgIpc) is 2.38. The number of rotatable bonds is 7. The SMILES string of the molecule is COCC(Br)CCNC(=O)c1ccc(Cl)cc1[N+](=O)[O-]. The summed E-state index contributed by atoms with van der Waals surface area (Å²) in [5, 5.41) is 13.7. The van der Waals surface area contributed by atoms with Crippen LogP contribution in [0.15, 0.2) is 18.2 Å². The normalized spacial score (nSPS) is 11.9. The Hall–Kier alpha value is -1.18. The quantitative estimate of drug-likeness (QED) is 0.457. The summed E-state index contributed by atoms with van der Waals surface area (Å²) in [5.41, 5.74) is -0.306. The molecule has 6 nitrogen and oxygen atoms in total. The molecule has 110 valence electrons. The maximum Gasteiger partial charge on any atom is 0.283 e. The largest absolute Gasteiger partial charge is 0.384 e. The lowest BCUT2D eigenvalue weighted by atomic mass is 10.1. The van der Waals surface area contributed by atoms with Crippen molar-refractivity contribution in [2.24, 2.45) is 0 Å². The number of benzene rings is 1. The van der Waals surface area contributed by atoms with Crippen LogP contribution in [-0.4, -0.2) is 35.9 Å². The van der Waals surface area contributed by atoms with Gasteiger partial charge in [-0.2, -0.15) is 0 Å². The fourth-order valence-electron chi connectivity index (χ4n) is 1.55. The number of amides is 1. The molecule has 1 amide bonds. The van der Waals surface area contributed by atoms with E-state index in [9.17, 15) is 14.9 Å². The van der Waals surface area contributed by atoms with Gasteiger partial charge in [0.2, 0.25) is 0 Å². The third kappa shape index (κ3) is 5.07. The van der Waals surface area contributed by atoms with Crippen molar-refractivity contribution in [1.29, 1.82) is 0 Å². The number of hydrogen-bond donors (Lipinski definition) is 1. The Morgan fingerprint density at radius 3 is 2.90 bits per heavy atom. The molecule has 0 fully saturated rings. The van der Waals surface area contributed by atoms with E-state index in [-0.39, 0.29) is 21.1 Å². The molecule has 1 unspecified atom stereocenters. The molecule has 0 aromatic heterocycles. The van der Waals surface area contributed by atoms with E-state index in [1.54, 1.807) is 7.11 Å². The number of hydrogen-bond acceptors (Lipinski definition) is 4. The van der Waals surface area contributed by atoms with E-state index in [1.165, 1.54) is 12.1 Å². The minimum Gasteiger partial charge on any atom is -0.384 e. The summed E-state index contributed by atoms with van der Waals surface area (Å²) in [6.07, 6.45) is 0.654. The average molecular weight is 366 g/mol. The van der Waals surface area contributed by atoms with E-state index >= 15 is 0 Å². The second kappa shape index (κ2) is 8.18. The van der Waals surface area contributed by atoms with E-state index < -0.39 is 10.8 Å². The molecule has 0 aliphatic rings. The van der Waals surface area contributed by atoms with Gasteiger partial charge in [0.1, 0.15) is 5.56 Å². The van der Waals surface area contributed by atoms with Gasteiger partial charge in [0.25, 0.3) is 11.6 Å². The molecule has 0 aliphatic heterocycles. The summed E-state index contributed by atoms with van der Waals surface area (Å²) in [5.74, 6) is -0.495. The number of ether oxygens (including phenoxy) is 1. The highest BCUT2D eigenvalue weighted by molar-refractivity contribution is 9.09. The number of carbonyl (C=O) groups excluding carboxylic acids is 1. The zero-order valence-corrected chi connectivity index (χ0v) is 13.1. The zero-order chi connectivity index (χ0) is 15.1. The van der Waals surface area contributed by atoms with E-state index in [4.69, 9.17) is 16.3 Å². The lowest BCUT2D eigenvalue weighted by Crippen LogP contribution is -2.27. The van der Waals surface area contributed by atoms with Gasteiger partial charge in [-0.15, -0.1) is 0 Å². The molecule has 1 aromatic rings. The molecule has 0 aliphatic carbocycles. The number of carbonyl (C=O) groups is 1. The van der Waals surface area contributed by atoms with Crippen LogP contribution in [0.25, 0.3) is 0 Å². The van der Waals surface area contributed by atoms with Gasteiger partial charge in [0.15, 0.2) is 0 Å². The summed E-state index contributed by atoms with van der Waals surface area (Å²) < 4.78 is 4.95. The van der Waals surface area contributed by atoms with Crippen LogP contribution in [0, 0.1) is 10.1 Å². The highest BCUT2D eigenvalue weighted by Crippen LogP contribution is 2.23. The van der Waals surface area contributed by atoms with E-state index in [0.717, 1.165) is 6.07 Å². The minimum absolute atomic E-state index is 0.00253. The van der Waals surface area contributed by atoms with Gasteiger partial charge in [0.05, 0.1) is 11.5 Å². The molecule has 0 saturated heterocycles. The fourth-order valence-corrected chi connectivity index (χ4v) is 2.21. The Balaban J connectivity index is 2.66. The predicted molar refractivity (Wildman–Crippen MR) is 79.6 cm³/mol. The van der Waals surface area contributed by atoms with Gasteiger partial charge in [-0.05, 0) is 18.6 Å². The highest BCUT2D eigenvalue weighted by atomic mass is 79.9. The van der Waals surface area contributed by atoms with Crippen molar-refractivity contribution in [3.63, 3.8) is 0 Å². The second-order valence-electron chi connectivity index (χ2n) is 4.02. The Morgan fingerprint density at radius 1 is 1.60 bits per heavy atom. The first-order chi connectivity index (χ1) is 9.45. The molecule has 1 rings (SSSR count). The number of nitro groups is 1. The van der Waals surface area contributed by atoms with E-state index in [2.05, 4.69) is 21.2 Å². The van der Waals surface area contributed by atoms with Crippen LogP contribution in [0.5, 0.6) is 0 Å². The van der Waals surface area contributed by atoms with Crippen LogP contribution in [-0.2, 0) is 4.74 Å². The van der Waals surface area contributed by atoms with Gasteiger partial charge in [-0.1, -0.05) is 27.5 Å². The smallest absolute Gasteiger partial charge is 0.283 e. The predicted octanol–water partition coefficient (Wildman–Crippen LogP) is 2.78. The van der Waals surface area contributed by atoms with Gasteiger partial charge in [-0.3, -0.25) is 14.9 Å². The van der Waals surface area contributed by atoms with Crippen molar-refractivity contribution < 1.29 is 14.5 Å². The summed E-state index contributed by atoms with van der Waals surface area (Å²) >= 11 is 9.08. The summed E-state index contributed by atoms with van der Waals surface area (Å²) in [7, 11) is 1.59. The van der Waals surface area contributed by atoms with Crippen LogP contribution in [0.1, 0.15) is 16.8 Å². The standard InChI is InChI=1S/C12H14BrClN2O4/c1-20-7-8(13)4-5-15-12(17)10-3-2-9(14)6-11(10)16(18)19/h2-3,6,8H,4-5,7H2,1H3,(H,15,17). The van der Waals surface area contributed by atoms with Gasteiger partial charge in [-0.25, -0.2) is 0 Å². The lowest BCUT2D eigenvalue weighted by molar-refractivity contribution is -0.385. The topological polar surface area (TPSA) is 81.5 Å². The third-order valence-corrected chi connectivity index (χ3v) is 3.45. The molecule has 0 saturated carbocycles. The van der Waals surface area contributed by atoms with Crippen molar-refractivity contribution in [1.82, 2.24) is 5.32 Å². The molecule has 0 bridgehead atoms. The Labute approximate surface area is 129 Å². The molecule has 1 aromatic carbocycles. The zero-order valence-electron chi connectivity index (χ0n) is 10.8. The first-order valence-electron chi connectivity index (χ1n) is 5.81. The number of halogens is 2. The van der Waals surface area contributed by atoms with Crippen LogP contribution < -0.4 is 5.32 Å². The maximum absolute atomic E-state index is 11.9. The van der Waals surface area contributed by atoms with Crippen molar-refractivity contribution in [2.75, 3.05) is 20.3 Å². The molecule has 20 heavy (non-hydrogen) atoms. The summed E-state index contributed by atoms with van der Waals surface area (Å²) in [4.78, 5) is 22.3. The van der Waals surface area contributed by atoms with Crippen LogP contribution in [0.4, 0.5) is 5.69 Å². The van der Waals surface area contributed by atoms with Gasteiger partial charge >= 0.3 is 0 Å². The van der Waals surface area contributed by atoms with Crippen molar-refractivity contribution >= 4 is 39.1 Å². The molecule has 1 atom stereocenters. The monoisotopic (exact) mass is 364 g/mol. The van der Waals surface area contributed by atoms with Gasteiger partial charge < -0.3 is 10.1 Å². The number of nitrogens with zero attached hydrogens (tertiary/aromatic N) is 1. The van der Waals surface area contributed by atoms with E-state index in [1.807, 2.05) is 0 Å². The minimum atomic E-state index is -0.626. The molecule has 0 spiro atoms. The molecular formula is C12H14BrClN2O4. The highest BCUT2D eigenvalue weighted by Gasteiger charge is 2.20. The second-order valence-corrected chi connectivity index (χ2v) is 5.75. The van der Waals surface area contributed by atoms with Crippen LogP contribution in [0.3, 0.4) is 0 Å². The number of nitrogens with one attached hydrogen (secondary N) is 1. The number of alkyl halides is 1. The third-order valence-electron chi connectivity index (χ3n) is 2.49. The molecule has 1 N–H and O–H groups in total. The lowest BCUT2D eigenvalue weighted by Gasteiger charge is -2.09. The fraction of sp³-hybridized carbons (Fsp3) is 0.417. The molecule has 0 radical (unpaired) electrons. The Bertz CT molecular complexity index is 498. The molecular weight excluding hydrogens is 351 g/mol. The van der Waals surface area contributed by atoms with Crippen LogP contribution in [0.2, 0.25) is 5.02 Å². The van der Waals surface area contributed by atoms with Crippen molar-refractivity contribution in [3.05, 3.63) is 38.9 Å². The van der Waals surface area contributed by atoms with Crippen LogP contribution >= 0.6 is 27.5 Å².